The Hall–Kier alpha value is -3.13. The molecular weight excluding hydrogens is 380 g/mol. The molecule has 3 aliphatic rings. The predicted octanol–water partition coefficient (Wildman–Crippen LogP) is 2.52. The lowest BCUT2D eigenvalue weighted by Crippen LogP contribution is -2.50. The van der Waals surface area contributed by atoms with Gasteiger partial charge in [0, 0.05) is 48.2 Å². The Morgan fingerprint density at radius 1 is 1.10 bits per heavy atom. The van der Waals surface area contributed by atoms with E-state index in [1.807, 2.05) is 29.0 Å². The average Bonchev–Trinajstić information content (AvgIpc) is 3.42. The topological polar surface area (TPSA) is 88.3 Å². The number of hydrogen-bond acceptors (Lipinski definition) is 7. The van der Waals surface area contributed by atoms with Gasteiger partial charge in [-0.1, -0.05) is 0 Å². The molecule has 3 atom stereocenters. The number of fused-ring (bicyclic) bond motifs is 3. The SMILES string of the molecule is Oc1cc(-n2ccnc2)ccc1-c1cc2c(nn1)N(C1C[C@H]3CC[C@@H](C1)N3)CCO2. The molecule has 2 saturated heterocycles. The normalized spacial score (nSPS) is 25.1. The number of benzene rings is 1. The average molecular weight is 404 g/mol. The van der Waals surface area contributed by atoms with Gasteiger partial charge in [0.2, 0.25) is 0 Å². The minimum absolute atomic E-state index is 0.151. The van der Waals surface area contributed by atoms with Crippen LogP contribution in [0.3, 0.4) is 0 Å². The number of aromatic hydroxyl groups is 1. The zero-order valence-corrected chi connectivity index (χ0v) is 16.6. The molecule has 5 heterocycles. The Balaban J connectivity index is 1.30. The summed E-state index contributed by atoms with van der Waals surface area (Å²) in [5, 5.41) is 23.3. The van der Waals surface area contributed by atoms with E-state index in [9.17, 15) is 5.11 Å². The quantitative estimate of drug-likeness (QED) is 0.693. The van der Waals surface area contributed by atoms with E-state index < -0.39 is 0 Å². The number of nitrogens with zero attached hydrogens (tertiary/aromatic N) is 5. The Morgan fingerprint density at radius 3 is 2.73 bits per heavy atom. The van der Waals surface area contributed by atoms with Crippen LogP contribution in [0.4, 0.5) is 5.82 Å². The molecule has 0 saturated carbocycles. The molecule has 0 amide bonds. The number of anilines is 1. The first kappa shape index (κ1) is 17.7. The molecule has 1 unspecified atom stereocenters. The number of phenols is 1. The maximum absolute atomic E-state index is 10.6. The van der Waals surface area contributed by atoms with E-state index in [2.05, 4.69) is 25.4 Å². The molecular formula is C22H24N6O2. The van der Waals surface area contributed by atoms with E-state index >= 15 is 0 Å². The molecule has 8 nitrogen and oxygen atoms in total. The van der Waals surface area contributed by atoms with Gasteiger partial charge in [0.15, 0.2) is 11.6 Å². The number of ether oxygens (including phenoxy) is 1. The summed E-state index contributed by atoms with van der Waals surface area (Å²) in [5.74, 6) is 1.72. The Kier molecular flexibility index (Phi) is 4.12. The first-order valence-electron chi connectivity index (χ1n) is 10.6. The Labute approximate surface area is 174 Å². The minimum atomic E-state index is 0.151. The number of piperidine rings is 1. The first-order valence-corrected chi connectivity index (χ1v) is 10.6. The van der Waals surface area contributed by atoms with E-state index in [-0.39, 0.29) is 5.75 Å². The van der Waals surface area contributed by atoms with Crippen molar-refractivity contribution in [2.45, 2.75) is 43.8 Å². The zero-order chi connectivity index (χ0) is 20.1. The monoisotopic (exact) mass is 404 g/mol. The van der Waals surface area contributed by atoms with Crippen LogP contribution < -0.4 is 15.0 Å². The number of hydrogen-bond donors (Lipinski definition) is 2. The summed E-state index contributed by atoms with van der Waals surface area (Å²) in [6, 6.07) is 9.11. The maximum Gasteiger partial charge on any atom is 0.194 e. The summed E-state index contributed by atoms with van der Waals surface area (Å²) in [4.78, 5) is 6.43. The summed E-state index contributed by atoms with van der Waals surface area (Å²) in [5.41, 5.74) is 2.08. The molecule has 3 aromatic rings. The van der Waals surface area contributed by atoms with E-state index in [4.69, 9.17) is 4.74 Å². The number of nitrogens with one attached hydrogen (secondary N) is 1. The van der Waals surface area contributed by atoms with Gasteiger partial charge in [-0.3, -0.25) is 0 Å². The van der Waals surface area contributed by atoms with E-state index in [1.165, 1.54) is 12.8 Å². The second-order valence-electron chi connectivity index (χ2n) is 8.39. The van der Waals surface area contributed by atoms with Crippen molar-refractivity contribution in [3.8, 4) is 28.4 Å². The van der Waals surface area contributed by atoms with Crippen molar-refractivity contribution >= 4 is 5.82 Å². The largest absolute Gasteiger partial charge is 0.507 e. The van der Waals surface area contributed by atoms with E-state index in [0.717, 1.165) is 36.6 Å². The van der Waals surface area contributed by atoms with Crippen LogP contribution >= 0.6 is 0 Å². The van der Waals surface area contributed by atoms with Gasteiger partial charge in [-0.25, -0.2) is 4.98 Å². The van der Waals surface area contributed by atoms with Crippen LogP contribution in [0, 0.1) is 0 Å². The van der Waals surface area contributed by atoms with Crippen molar-refractivity contribution in [2.75, 3.05) is 18.1 Å². The summed E-state index contributed by atoms with van der Waals surface area (Å²) in [6.45, 7) is 1.49. The van der Waals surface area contributed by atoms with Gasteiger partial charge in [0.1, 0.15) is 18.1 Å². The molecule has 30 heavy (non-hydrogen) atoms. The van der Waals surface area contributed by atoms with Crippen molar-refractivity contribution in [3.63, 3.8) is 0 Å². The molecule has 2 fully saturated rings. The highest BCUT2D eigenvalue weighted by Crippen LogP contribution is 2.39. The van der Waals surface area contributed by atoms with Crippen molar-refractivity contribution in [2.24, 2.45) is 0 Å². The lowest BCUT2D eigenvalue weighted by atomic mass is 9.97. The lowest BCUT2D eigenvalue weighted by Gasteiger charge is -2.40. The summed E-state index contributed by atoms with van der Waals surface area (Å²) < 4.78 is 7.79. The van der Waals surface area contributed by atoms with Gasteiger partial charge in [-0.2, -0.15) is 0 Å². The highest BCUT2D eigenvalue weighted by atomic mass is 16.5. The smallest absolute Gasteiger partial charge is 0.194 e. The van der Waals surface area contributed by atoms with Crippen LogP contribution in [0.25, 0.3) is 16.9 Å². The number of aromatic nitrogens is 4. The molecule has 3 aliphatic heterocycles. The molecule has 0 radical (unpaired) electrons. The van der Waals surface area contributed by atoms with E-state index in [1.54, 1.807) is 18.6 Å². The fourth-order valence-corrected chi connectivity index (χ4v) is 5.11. The van der Waals surface area contributed by atoms with Gasteiger partial charge >= 0.3 is 0 Å². The predicted molar refractivity (Wildman–Crippen MR) is 112 cm³/mol. The van der Waals surface area contributed by atoms with Crippen LogP contribution in [0.2, 0.25) is 0 Å². The molecule has 154 valence electrons. The van der Waals surface area contributed by atoms with Gasteiger partial charge in [-0.15, -0.1) is 10.2 Å². The van der Waals surface area contributed by atoms with Crippen molar-refractivity contribution in [1.29, 1.82) is 0 Å². The summed E-state index contributed by atoms with van der Waals surface area (Å²) in [6.07, 6.45) is 10.1. The third-order valence-electron chi connectivity index (χ3n) is 6.55. The van der Waals surface area contributed by atoms with Crippen LogP contribution in [0.1, 0.15) is 25.7 Å². The van der Waals surface area contributed by atoms with Crippen LogP contribution in [-0.4, -0.2) is 56.1 Å². The zero-order valence-electron chi connectivity index (χ0n) is 16.6. The fraction of sp³-hybridized carbons (Fsp3) is 0.409. The van der Waals surface area contributed by atoms with Crippen molar-refractivity contribution in [3.05, 3.63) is 43.0 Å². The third-order valence-corrected chi connectivity index (χ3v) is 6.55. The van der Waals surface area contributed by atoms with Gasteiger partial charge in [0.25, 0.3) is 0 Å². The second-order valence-corrected chi connectivity index (χ2v) is 8.39. The molecule has 2 N–H and O–H groups in total. The van der Waals surface area contributed by atoms with E-state index in [0.29, 0.717) is 36.0 Å². The summed E-state index contributed by atoms with van der Waals surface area (Å²) >= 11 is 0. The van der Waals surface area contributed by atoms with Gasteiger partial charge in [-0.05, 0) is 37.8 Å². The molecule has 8 heteroatoms. The first-order chi connectivity index (χ1) is 14.7. The molecule has 1 aromatic carbocycles. The maximum atomic E-state index is 10.6. The third kappa shape index (κ3) is 2.99. The molecule has 2 bridgehead atoms. The van der Waals surface area contributed by atoms with Gasteiger partial charge < -0.3 is 24.6 Å². The van der Waals surface area contributed by atoms with Crippen molar-refractivity contribution < 1.29 is 9.84 Å². The lowest BCUT2D eigenvalue weighted by molar-refractivity contribution is 0.274. The second kappa shape index (κ2) is 6.98. The Bertz CT molecular complexity index is 1060. The minimum Gasteiger partial charge on any atom is -0.507 e. The number of rotatable bonds is 3. The number of phenolic OH excluding ortho intramolecular Hbond substituents is 1. The standard InChI is InChI=1S/C22H24N6O2/c29-20-11-16(27-6-5-23-13-27)3-4-18(20)19-12-21-22(26-25-19)28(7-8-30-21)17-9-14-1-2-15(10-17)24-14/h3-6,11-15,17,24,29H,1-2,7-10H2/t14-,15+,17?. The van der Waals surface area contributed by atoms with Crippen molar-refractivity contribution in [1.82, 2.24) is 25.1 Å². The fourth-order valence-electron chi connectivity index (χ4n) is 5.11. The molecule has 0 aliphatic carbocycles. The van der Waals surface area contributed by atoms with Gasteiger partial charge in [0.05, 0.1) is 18.6 Å². The highest BCUT2D eigenvalue weighted by Gasteiger charge is 2.38. The molecule has 6 rings (SSSR count). The molecule has 0 spiro atoms. The summed E-state index contributed by atoms with van der Waals surface area (Å²) in [7, 11) is 0. The van der Waals surface area contributed by atoms with Crippen LogP contribution in [0.15, 0.2) is 43.0 Å². The molecule has 2 aromatic heterocycles. The van der Waals surface area contributed by atoms with Crippen LogP contribution in [-0.2, 0) is 0 Å². The highest BCUT2D eigenvalue weighted by molar-refractivity contribution is 5.71. The number of imidazole rings is 1. The Morgan fingerprint density at radius 2 is 1.97 bits per heavy atom. The van der Waals surface area contributed by atoms with Crippen LogP contribution in [0.5, 0.6) is 11.5 Å².